The Balaban J connectivity index is 1.42. The second-order valence-electron chi connectivity index (χ2n) is 8.43. The van der Waals surface area contributed by atoms with Gasteiger partial charge in [-0.05, 0) is 55.7 Å². The van der Waals surface area contributed by atoms with Gasteiger partial charge in [-0.3, -0.25) is 9.59 Å². The van der Waals surface area contributed by atoms with Gasteiger partial charge < -0.3 is 10.2 Å². The van der Waals surface area contributed by atoms with E-state index in [1.54, 1.807) is 35.1 Å². The molecule has 1 aliphatic carbocycles. The fourth-order valence-electron chi connectivity index (χ4n) is 4.19. The molecule has 1 aliphatic rings. The van der Waals surface area contributed by atoms with Crippen LogP contribution in [-0.4, -0.2) is 38.5 Å². The van der Waals surface area contributed by atoms with Crippen LogP contribution in [0.3, 0.4) is 0 Å². The highest BCUT2D eigenvalue weighted by Gasteiger charge is 2.22. The van der Waals surface area contributed by atoms with Crippen LogP contribution in [0.15, 0.2) is 61.2 Å². The Kier molecular flexibility index (Phi) is 6.63. The Morgan fingerprint density at radius 1 is 1.09 bits per heavy atom. The molecule has 4 rings (SSSR count). The van der Waals surface area contributed by atoms with E-state index in [9.17, 15) is 9.59 Å². The van der Waals surface area contributed by atoms with Crippen LogP contribution < -0.4 is 5.32 Å². The maximum atomic E-state index is 13.1. The van der Waals surface area contributed by atoms with Crippen LogP contribution >= 0.6 is 0 Å². The molecule has 32 heavy (non-hydrogen) atoms. The fourth-order valence-corrected chi connectivity index (χ4v) is 4.19. The van der Waals surface area contributed by atoms with Gasteiger partial charge in [0.1, 0.15) is 12.7 Å². The molecule has 1 atom stereocenters. The summed E-state index contributed by atoms with van der Waals surface area (Å²) in [6, 6.07) is 15.0. The van der Waals surface area contributed by atoms with Crippen molar-refractivity contribution in [2.24, 2.45) is 5.92 Å². The Morgan fingerprint density at radius 3 is 2.53 bits per heavy atom. The van der Waals surface area contributed by atoms with Crippen LogP contribution in [0.2, 0.25) is 0 Å². The van der Waals surface area contributed by atoms with Crippen molar-refractivity contribution in [3.8, 4) is 5.69 Å². The summed E-state index contributed by atoms with van der Waals surface area (Å²) in [5.74, 6) is 0.0430. The first kappa shape index (κ1) is 21.7. The number of nitrogens with zero attached hydrogens (tertiary/aromatic N) is 4. The van der Waals surface area contributed by atoms with Crippen molar-refractivity contribution < 1.29 is 9.59 Å². The lowest BCUT2D eigenvalue weighted by atomic mass is 9.88. The molecule has 0 saturated heterocycles. The van der Waals surface area contributed by atoms with Crippen LogP contribution in [0.1, 0.15) is 61.0 Å². The summed E-state index contributed by atoms with van der Waals surface area (Å²) in [7, 11) is 1.80. The molecule has 0 radical (unpaired) electrons. The summed E-state index contributed by atoms with van der Waals surface area (Å²) in [5, 5.41) is 7.14. The number of hydrogen-bond acceptors (Lipinski definition) is 4. The second-order valence-corrected chi connectivity index (χ2v) is 8.43. The smallest absolute Gasteiger partial charge is 0.254 e. The van der Waals surface area contributed by atoms with Crippen LogP contribution in [0.5, 0.6) is 0 Å². The molecule has 0 aliphatic heterocycles. The SMILES string of the molecule is CC(c1ccc(-n2cncn2)cc1)N(C)C(=O)c1cccc(NC(=O)C2CCCCC2)c1. The highest BCUT2D eigenvalue weighted by molar-refractivity contribution is 5.97. The highest BCUT2D eigenvalue weighted by Crippen LogP contribution is 2.26. The molecular weight excluding hydrogens is 402 g/mol. The predicted octanol–water partition coefficient (Wildman–Crippen LogP) is 4.62. The van der Waals surface area contributed by atoms with Crippen LogP contribution in [0, 0.1) is 5.92 Å². The number of benzene rings is 2. The molecule has 7 nitrogen and oxygen atoms in total. The van der Waals surface area contributed by atoms with Gasteiger partial charge in [0.2, 0.25) is 5.91 Å². The van der Waals surface area contributed by atoms with Gasteiger partial charge in [0.15, 0.2) is 0 Å². The van der Waals surface area contributed by atoms with Crippen molar-refractivity contribution in [2.75, 3.05) is 12.4 Å². The van der Waals surface area contributed by atoms with Gasteiger partial charge in [0, 0.05) is 24.2 Å². The molecule has 3 aromatic rings. The molecule has 166 valence electrons. The molecule has 0 spiro atoms. The first-order valence-electron chi connectivity index (χ1n) is 11.2. The number of aromatic nitrogens is 3. The van der Waals surface area contributed by atoms with Crippen LogP contribution in [-0.2, 0) is 4.79 Å². The maximum absolute atomic E-state index is 13.1. The van der Waals surface area contributed by atoms with Gasteiger partial charge in [-0.15, -0.1) is 0 Å². The molecule has 1 unspecified atom stereocenters. The van der Waals surface area contributed by atoms with Gasteiger partial charge in [0.25, 0.3) is 5.91 Å². The van der Waals surface area contributed by atoms with Crippen molar-refractivity contribution in [2.45, 2.75) is 45.1 Å². The lowest BCUT2D eigenvalue weighted by Crippen LogP contribution is -2.30. The zero-order valence-corrected chi connectivity index (χ0v) is 18.6. The molecule has 0 bridgehead atoms. The van der Waals surface area contributed by atoms with E-state index < -0.39 is 0 Å². The first-order valence-corrected chi connectivity index (χ1v) is 11.2. The second kappa shape index (κ2) is 9.77. The number of nitrogens with one attached hydrogen (secondary N) is 1. The minimum atomic E-state index is -0.118. The zero-order valence-electron chi connectivity index (χ0n) is 18.6. The third-order valence-corrected chi connectivity index (χ3v) is 6.31. The minimum Gasteiger partial charge on any atom is -0.335 e. The van der Waals surface area contributed by atoms with Crippen LogP contribution in [0.4, 0.5) is 5.69 Å². The highest BCUT2D eigenvalue weighted by atomic mass is 16.2. The lowest BCUT2D eigenvalue weighted by Gasteiger charge is -2.26. The van der Waals surface area contributed by atoms with E-state index in [1.165, 1.54) is 12.7 Å². The van der Waals surface area contributed by atoms with Gasteiger partial charge in [0.05, 0.1) is 11.7 Å². The Morgan fingerprint density at radius 2 is 1.84 bits per heavy atom. The number of carbonyl (C=O) groups excluding carboxylic acids is 2. The molecular formula is C25H29N5O2. The summed E-state index contributed by atoms with van der Waals surface area (Å²) in [6.07, 6.45) is 8.46. The van der Waals surface area contributed by atoms with Gasteiger partial charge in [-0.25, -0.2) is 9.67 Å². The molecule has 2 aromatic carbocycles. The summed E-state index contributed by atoms with van der Waals surface area (Å²) in [4.78, 5) is 31.4. The van der Waals surface area contributed by atoms with Gasteiger partial charge in [-0.2, -0.15) is 5.10 Å². The van der Waals surface area contributed by atoms with Gasteiger partial charge in [-0.1, -0.05) is 37.5 Å². The maximum Gasteiger partial charge on any atom is 0.254 e. The van der Waals surface area contributed by atoms with E-state index in [0.29, 0.717) is 11.3 Å². The van der Waals surface area contributed by atoms with E-state index in [2.05, 4.69) is 15.4 Å². The number of hydrogen-bond donors (Lipinski definition) is 1. The molecule has 1 fully saturated rings. The largest absolute Gasteiger partial charge is 0.335 e. The van der Waals surface area contributed by atoms with Crippen molar-refractivity contribution >= 4 is 17.5 Å². The van der Waals surface area contributed by atoms with E-state index in [1.807, 2.05) is 43.3 Å². The minimum absolute atomic E-state index is 0.0588. The predicted molar refractivity (Wildman–Crippen MR) is 124 cm³/mol. The molecule has 1 heterocycles. The third-order valence-electron chi connectivity index (χ3n) is 6.31. The number of carbonyl (C=O) groups is 2. The average molecular weight is 432 g/mol. The number of rotatable bonds is 6. The van der Waals surface area contributed by atoms with E-state index in [-0.39, 0.29) is 23.8 Å². The summed E-state index contributed by atoms with van der Waals surface area (Å²) < 4.78 is 1.69. The Hall–Kier alpha value is -3.48. The van der Waals surface area contributed by atoms with Gasteiger partial charge >= 0.3 is 0 Å². The molecule has 1 N–H and O–H groups in total. The van der Waals surface area contributed by atoms with Crippen molar-refractivity contribution in [3.05, 3.63) is 72.3 Å². The monoisotopic (exact) mass is 431 g/mol. The molecule has 1 aromatic heterocycles. The molecule has 2 amide bonds. The quantitative estimate of drug-likeness (QED) is 0.618. The fraction of sp³-hybridized carbons (Fsp3) is 0.360. The number of amides is 2. The third kappa shape index (κ3) is 4.88. The topological polar surface area (TPSA) is 80.1 Å². The zero-order chi connectivity index (χ0) is 22.5. The molecule has 7 heteroatoms. The first-order chi connectivity index (χ1) is 15.5. The standard InChI is InChI=1S/C25H29N5O2/c1-18(19-11-13-23(14-12-19)30-17-26-16-27-30)29(2)25(32)21-9-6-10-22(15-21)28-24(31)20-7-4-3-5-8-20/h6,9-18,20H,3-5,7-8H2,1-2H3,(H,28,31). The summed E-state index contributed by atoms with van der Waals surface area (Å²) >= 11 is 0. The van der Waals surface area contributed by atoms with Crippen molar-refractivity contribution in [3.63, 3.8) is 0 Å². The van der Waals surface area contributed by atoms with Crippen molar-refractivity contribution in [1.29, 1.82) is 0 Å². The normalized spacial score (nSPS) is 15.2. The van der Waals surface area contributed by atoms with Crippen molar-refractivity contribution in [1.82, 2.24) is 19.7 Å². The number of anilines is 1. The van der Waals surface area contributed by atoms with E-state index in [0.717, 1.165) is 36.9 Å². The Bertz CT molecular complexity index is 1060. The average Bonchev–Trinajstić information content (AvgIpc) is 3.38. The van der Waals surface area contributed by atoms with E-state index in [4.69, 9.17) is 0 Å². The summed E-state index contributed by atoms with van der Waals surface area (Å²) in [5.41, 5.74) is 3.16. The lowest BCUT2D eigenvalue weighted by molar-refractivity contribution is -0.120. The van der Waals surface area contributed by atoms with E-state index >= 15 is 0 Å². The molecule has 1 saturated carbocycles. The van der Waals surface area contributed by atoms with Crippen LogP contribution in [0.25, 0.3) is 5.69 Å². The summed E-state index contributed by atoms with van der Waals surface area (Å²) in [6.45, 7) is 2.00. The Labute approximate surface area is 188 Å².